The highest BCUT2D eigenvalue weighted by molar-refractivity contribution is 5.84. The van der Waals surface area contributed by atoms with Gasteiger partial charge in [0.1, 0.15) is 5.82 Å². The number of ether oxygens (including phenoxy) is 1. The van der Waals surface area contributed by atoms with Crippen molar-refractivity contribution in [3.05, 3.63) is 35.8 Å². The minimum absolute atomic E-state index is 0.170. The van der Waals surface area contributed by atoms with Crippen LogP contribution in [-0.4, -0.2) is 11.7 Å². The highest BCUT2D eigenvalue weighted by atomic mass is 19.1. The number of hydrogen-bond acceptors (Lipinski definition) is 1. The molecule has 1 aromatic carbocycles. The van der Waals surface area contributed by atoms with Gasteiger partial charge in [0.05, 0.1) is 12.1 Å². The molecule has 2 aromatic rings. The zero-order chi connectivity index (χ0) is 10.8. The fourth-order valence-electron chi connectivity index (χ4n) is 1.91. The van der Waals surface area contributed by atoms with Crippen LogP contribution in [0.5, 0.6) is 0 Å². The second-order valence-corrected chi connectivity index (χ2v) is 3.51. The Balaban J connectivity index is 2.69. The Morgan fingerprint density at radius 2 is 2.20 bits per heavy atom. The summed E-state index contributed by atoms with van der Waals surface area (Å²) in [5.41, 5.74) is 1.71. The van der Waals surface area contributed by atoms with E-state index in [1.165, 1.54) is 6.07 Å². The third kappa shape index (κ3) is 1.63. The van der Waals surface area contributed by atoms with Gasteiger partial charge < -0.3 is 9.30 Å². The predicted octanol–water partition coefficient (Wildman–Crippen LogP) is 2.95. The summed E-state index contributed by atoms with van der Waals surface area (Å²) in [6.07, 6.45) is 1.96. The summed E-state index contributed by atoms with van der Waals surface area (Å²) in [5, 5.41) is 0.943. The molecule has 0 amide bonds. The van der Waals surface area contributed by atoms with E-state index in [1.54, 1.807) is 13.2 Å². The van der Waals surface area contributed by atoms with Gasteiger partial charge in [-0.15, -0.1) is 0 Å². The summed E-state index contributed by atoms with van der Waals surface area (Å²) in [4.78, 5) is 0. The Bertz CT molecular complexity index is 476. The van der Waals surface area contributed by atoms with Gasteiger partial charge in [-0.1, -0.05) is 12.1 Å². The van der Waals surface area contributed by atoms with Gasteiger partial charge in [-0.05, 0) is 13.0 Å². The first-order chi connectivity index (χ1) is 7.27. The van der Waals surface area contributed by atoms with Crippen LogP contribution in [0.25, 0.3) is 10.9 Å². The molecular weight excluding hydrogens is 193 g/mol. The van der Waals surface area contributed by atoms with E-state index >= 15 is 0 Å². The molecule has 3 heteroatoms. The van der Waals surface area contributed by atoms with Crippen molar-refractivity contribution in [2.24, 2.45) is 0 Å². The summed E-state index contributed by atoms with van der Waals surface area (Å²) < 4.78 is 20.6. The minimum atomic E-state index is -0.170. The van der Waals surface area contributed by atoms with Crippen LogP contribution in [0.1, 0.15) is 12.5 Å². The molecular formula is C12H14FNO. The highest BCUT2D eigenvalue weighted by Gasteiger charge is 2.10. The number of benzene rings is 1. The first-order valence-corrected chi connectivity index (χ1v) is 5.03. The predicted molar refractivity (Wildman–Crippen MR) is 58.3 cm³/mol. The second-order valence-electron chi connectivity index (χ2n) is 3.51. The lowest BCUT2D eigenvalue weighted by molar-refractivity contribution is 0.186. The third-order valence-electron chi connectivity index (χ3n) is 2.57. The molecule has 0 radical (unpaired) electrons. The highest BCUT2D eigenvalue weighted by Crippen LogP contribution is 2.24. The molecule has 0 unspecified atom stereocenters. The van der Waals surface area contributed by atoms with E-state index in [9.17, 15) is 4.39 Å². The lowest BCUT2D eigenvalue weighted by Crippen LogP contribution is -1.92. The molecule has 0 bridgehead atoms. The summed E-state index contributed by atoms with van der Waals surface area (Å²) in [6, 6.07) is 5.15. The van der Waals surface area contributed by atoms with Gasteiger partial charge in [-0.25, -0.2) is 4.39 Å². The molecule has 0 aliphatic rings. The number of aryl methyl sites for hydroxylation is 1. The maximum absolute atomic E-state index is 13.6. The molecule has 0 N–H and O–H groups in total. The third-order valence-corrected chi connectivity index (χ3v) is 2.57. The van der Waals surface area contributed by atoms with E-state index in [1.807, 2.05) is 23.8 Å². The first kappa shape index (κ1) is 10.2. The summed E-state index contributed by atoms with van der Waals surface area (Å²) in [6.45, 7) is 3.29. The van der Waals surface area contributed by atoms with Crippen molar-refractivity contribution in [1.82, 2.24) is 4.57 Å². The van der Waals surface area contributed by atoms with Crippen molar-refractivity contribution in [3.8, 4) is 0 Å². The molecule has 15 heavy (non-hydrogen) atoms. The maximum atomic E-state index is 13.6. The second kappa shape index (κ2) is 4.03. The molecule has 0 saturated heterocycles. The van der Waals surface area contributed by atoms with Crippen LogP contribution in [0.15, 0.2) is 24.4 Å². The quantitative estimate of drug-likeness (QED) is 0.754. The van der Waals surface area contributed by atoms with Crippen LogP contribution in [0.4, 0.5) is 4.39 Å². The molecule has 0 atom stereocenters. The first-order valence-electron chi connectivity index (χ1n) is 5.03. The molecule has 0 aliphatic carbocycles. The molecule has 1 heterocycles. The molecule has 0 saturated carbocycles. The molecule has 0 fully saturated rings. The zero-order valence-electron chi connectivity index (χ0n) is 8.96. The number of para-hydroxylation sites is 1. The SMILES string of the molecule is CCn1cc(COC)c2cccc(F)c21. The number of methoxy groups -OCH3 is 1. The van der Waals surface area contributed by atoms with Crippen molar-refractivity contribution in [1.29, 1.82) is 0 Å². The van der Waals surface area contributed by atoms with Crippen molar-refractivity contribution in [2.45, 2.75) is 20.1 Å². The largest absolute Gasteiger partial charge is 0.380 e. The summed E-state index contributed by atoms with van der Waals surface area (Å²) in [7, 11) is 1.65. The van der Waals surface area contributed by atoms with Crippen LogP contribution in [0, 0.1) is 5.82 Å². The Hall–Kier alpha value is -1.35. The Morgan fingerprint density at radius 1 is 1.40 bits per heavy atom. The van der Waals surface area contributed by atoms with E-state index < -0.39 is 0 Å². The van der Waals surface area contributed by atoms with Gasteiger partial charge in [0.25, 0.3) is 0 Å². The molecule has 2 rings (SSSR count). The Kier molecular flexibility index (Phi) is 2.73. The monoisotopic (exact) mass is 207 g/mol. The van der Waals surface area contributed by atoms with Gasteiger partial charge >= 0.3 is 0 Å². The smallest absolute Gasteiger partial charge is 0.147 e. The van der Waals surface area contributed by atoms with E-state index in [0.29, 0.717) is 12.1 Å². The number of nitrogens with zero attached hydrogens (tertiary/aromatic N) is 1. The zero-order valence-corrected chi connectivity index (χ0v) is 8.96. The van der Waals surface area contributed by atoms with Gasteiger partial charge in [0.2, 0.25) is 0 Å². The number of rotatable bonds is 3. The van der Waals surface area contributed by atoms with Crippen LogP contribution in [0.3, 0.4) is 0 Å². The van der Waals surface area contributed by atoms with Crippen molar-refractivity contribution in [2.75, 3.05) is 7.11 Å². The fourth-order valence-corrected chi connectivity index (χ4v) is 1.91. The average Bonchev–Trinajstić information content (AvgIpc) is 2.59. The molecule has 0 aliphatic heterocycles. The Labute approximate surface area is 88.3 Å². The number of aromatic nitrogens is 1. The van der Waals surface area contributed by atoms with E-state index in [4.69, 9.17) is 4.74 Å². The minimum Gasteiger partial charge on any atom is -0.380 e. The lowest BCUT2D eigenvalue weighted by atomic mass is 10.2. The van der Waals surface area contributed by atoms with Gasteiger partial charge in [-0.2, -0.15) is 0 Å². The van der Waals surface area contributed by atoms with E-state index in [-0.39, 0.29) is 5.82 Å². The van der Waals surface area contributed by atoms with Crippen molar-refractivity contribution < 1.29 is 9.13 Å². The van der Waals surface area contributed by atoms with Crippen LogP contribution >= 0.6 is 0 Å². The fraction of sp³-hybridized carbons (Fsp3) is 0.333. The number of fused-ring (bicyclic) bond motifs is 1. The van der Waals surface area contributed by atoms with Crippen LogP contribution in [0.2, 0.25) is 0 Å². The van der Waals surface area contributed by atoms with E-state index in [0.717, 1.165) is 17.5 Å². The maximum Gasteiger partial charge on any atom is 0.147 e. The Morgan fingerprint density at radius 3 is 2.87 bits per heavy atom. The normalized spacial score (nSPS) is 11.1. The summed E-state index contributed by atoms with van der Waals surface area (Å²) in [5.74, 6) is -0.170. The van der Waals surface area contributed by atoms with Gasteiger partial charge in [0.15, 0.2) is 0 Å². The van der Waals surface area contributed by atoms with E-state index in [2.05, 4.69) is 0 Å². The van der Waals surface area contributed by atoms with Crippen molar-refractivity contribution >= 4 is 10.9 Å². The number of hydrogen-bond donors (Lipinski definition) is 0. The average molecular weight is 207 g/mol. The van der Waals surface area contributed by atoms with Gasteiger partial charge in [0, 0.05) is 30.8 Å². The lowest BCUT2D eigenvalue weighted by Gasteiger charge is -2.00. The molecule has 0 spiro atoms. The van der Waals surface area contributed by atoms with Crippen LogP contribution < -0.4 is 0 Å². The topological polar surface area (TPSA) is 14.2 Å². The standard InChI is InChI=1S/C12H14FNO/c1-3-14-7-9(8-15-2)10-5-4-6-11(13)12(10)14/h4-7H,3,8H2,1-2H3. The van der Waals surface area contributed by atoms with Crippen LogP contribution in [-0.2, 0) is 17.9 Å². The van der Waals surface area contributed by atoms with Gasteiger partial charge in [-0.3, -0.25) is 0 Å². The molecule has 1 aromatic heterocycles. The molecule has 80 valence electrons. The number of halogens is 1. The van der Waals surface area contributed by atoms with Crippen molar-refractivity contribution in [3.63, 3.8) is 0 Å². The summed E-state index contributed by atoms with van der Waals surface area (Å²) >= 11 is 0. The molecule has 2 nitrogen and oxygen atoms in total.